The highest BCUT2D eigenvalue weighted by Crippen LogP contribution is 2.26. The van der Waals surface area contributed by atoms with Crippen molar-refractivity contribution in [3.05, 3.63) is 40.3 Å². The van der Waals surface area contributed by atoms with E-state index in [4.69, 9.17) is 16.9 Å². The standard InChI is InChI=1S/C12H10ClFN4/c1-7-9(6-15)12(18(2)17-7)16-11-5-8(13)3-4-10(11)14/h3-5,16H,1-2H3. The molecule has 0 unspecified atom stereocenters. The summed E-state index contributed by atoms with van der Waals surface area (Å²) < 4.78 is 15.1. The molecule has 1 aromatic heterocycles. The lowest BCUT2D eigenvalue weighted by atomic mass is 10.2. The van der Waals surface area contributed by atoms with E-state index in [0.717, 1.165) is 0 Å². The number of anilines is 2. The summed E-state index contributed by atoms with van der Waals surface area (Å²) in [4.78, 5) is 0. The van der Waals surface area contributed by atoms with Crippen LogP contribution in [0.25, 0.3) is 0 Å². The minimum Gasteiger partial charge on any atom is -0.337 e. The second-order valence-corrected chi connectivity index (χ2v) is 4.23. The van der Waals surface area contributed by atoms with Gasteiger partial charge in [-0.25, -0.2) is 4.39 Å². The van der Waals surface area contributed by atoms with Gasteiger partial charge in [-0.15, -0.1) is 0 Å². The van der Waals surface area contributed by atoms with Gasteiger partial charge < -0.3 is 5.32 Å². The zero-order chi connectivity index (χ0) is 13.3. The molecule has 2 rings (SSSR count). The number of hydrogen-bond acceptors (Lipinski definition) is 3. The number of aromatic nitrogens is 2. The first kappa shape index (κ1) is 12.4. The molecule has 0 atom stereocenters. The molecule has 0 aliphatic carbocycles. The van der Waals surface area contributed by atoms with E-state index in [-0.39, 0.29) is 5.69 Å². The maximum atomic E-state index is 13.6. The summed E-state index contributed by atoms with van der Waals surface area (Å²) in [7, 11) is 1.68. The first-order valence-electron chi connectivity index (χ1n) is 5.18. The molecule has 0 fully saturated rings. The van der Waals surface area contributed by atoms with Gasteiger partial charge in [-0.3, -0.25) is 4.68 Å². The van der Waals surface area contributed by atoms with Crippen LogP contribution in [0.3, 0.4) is 0 Å². The lowest BCUT2D eigenvalue weighted by Crippen LogP contribution is -2.02. The molecule has 6 heteroatoms. The van der Waals surface area contributed by atoms with E-state index in [1.807, 2.05) is 6.07 Å². The fraction of sp³-hybridized carbons (Fsp3) is 0.167. The molecule has 0 saturated carbocycles. The van der Waals surface area contributed by atoms with Crippen molar-refractivity contribution >= 4 is 23.1 Å². The van der Waals surface area contributed by atoms with Crippen molar-refractivity contribution in [3.63, 3.8) is 0 Å². The van der Waals surface area contributed by atoms with Crippen LogP contribution < -0.4 is 5.32 Å². The molecular formula is C12H10ClFN4. The summed E-state index contributed by atoms with van der Waals surface area (Å²) in [5, 5.41) is 16.4. The largest absolute Gasteiger partial charge is 0.337 e. The Hall–Kier alpha value is -2.06. The lowest BCUT2D eigenvalue weighted by molar-refractivity contribution is 0.631. The Balaban J connectivity index is 2.46. The van der Waals surface area contributed by atoms with E-state index in [2.05, 4.69) is 10.4 Å². The summed E-state index contributed by atoms with van der Waals surface area (Å²) in [6.07, 6.45) is 0. The topological polar surface area (TPSA) is 53.6 Å². The van der Waals surface area contributed by atoms with E-state index in [1.165, 1.54) is 22.9 Å². The molecule has 2 aromatic rings. The summed E-state index contributed by atoms with van der Waals surface area (Å²) in [6.45, 7) is 1.72. The third-order valence-corrected chi connectivity index (χ3v) is 2.75. The molecule has 0 bridgehead atoms. The maximum absolute atomic E-state index is 13.6. The van der Waals surface area contributed by atoms with Gasteiger partial charge in [0.1, 0.15) is 23.3 Å². The number of benzene rings is 1. The Morgan fingerprint density at radius 1 is 1.50 bits per heavy atom. The third-order valence-electron chi connectivity index (χ3n) is 2.52. The second kappa shape index (κ2) is 4.67. The Morgan fingerprint density at radius 3 is 2.89 bits per heavy atom. The van der Waals surface area contributed by atoms with Crippen molar-refractivity contribution in [2.24, 2.45) is 7.05 Å². The number of nitriles is 1. The highest BCUT2D eigenvalue weighted by atomic mass is 35.5. The van der Waals surface area contributed by atoms with Gasteiger partial charge in [0.2, 0.25) is 0 Å². The molecule has 0 aliphatic rings. The highest BCUT2D eigenvalue weighted by molar-refractivity contribution is 6.30. The number of nitrogens with one attached hydrogen (secondary N) is 1. The van der Waals surface area contributed by atoms with E-state index in [1.54, 1.807) is 14.0 Å². The van der Waals surface area contributed by atoms with Crippen molar-refractivity contribution in [2.75, 3.05) is 5.32 Å². The van der Waals surface area contributed by atoms with Gasteiger partial charge in [0.15, 0.2) is 0 Å². The van der Waals surface area contributed by atoms with Crippen molar-refractivity contribution in [3.8, 4) is 6.07 Å². The fourth-order valence-electron chi connectivity index (χ4n) is 1.66. The SMILES string of the molecule is Cc1nn(C)c(Nc2cc(Cl)ccc2F)c1C#N. The molecule has 0 radical (unpaired) electrons. The van der Waals surface area contributed by atoms with Crippen LogP contribution in [0, 0.1) is 24.1 Å². The molecule has 92 valence electrons. The maximum Gasteiger partial charge on any atom is 0.146 e. The van der Waals surface area contributed by atoms with Gasteiger partial charge in [0.25, 0.3) is 0 Å². The summed E-state index contributed by atoms with van der Waals surface area (Å²) in [6, 6.07) is 6.22. The van der Waals surface area contributed by atoms with Crippen LogP contribution >= 0.6 is 11.6 Å². The van der Waals surface area contributed by atoms with Crippen molar-refractivity contribution < 1.29 is 4.39 Å². The van der Waals surface area contributed by atoms with Gasteiger partial charge in [-0.1, -0.05) is 11.6 Å². The van der Waals surface area contributed by atoms with Gasteiger partial charge >= 0.3 is 0 Å². The summed E-state index contributed by atoms with van der Waals surface area (Å²) in [5.41, 5.74) is 1.18. The summed E-state index contributed by atoms with van der Waals surface area (Å²) in [5.74, 6) is -0.00157. The van der Waals surface area contributed by atoms with E-state index in [9.17, 15) is 4.39 Å². The molecule has 18 heavy (non-hydrogen) atoms. The second-order valence-electron chi connectivity index (χ2n) is 3.79. The van der Waals surface area contributed by atoms with Crippen LogP contribution in [0.5, 0.6) is 0 Å². The van der Waals surface area contributed by atoms with Crippen LogP contribution in [0.1, 0.15) is 11.3 Å². The number of aryl methyl sites for hydroxylation is 2. The Morgan fingerprint density at radius 2 is 2.22 bits per heavy atom. The average Bonchev–Trinajstić information content (AvgIpc) is 2.58. The van der Waals surface area contributed by atoms with Crippen LogP contribution in [0.15, 0.2) is 18.2 Å². The number of hydrogen-bond donors (Lipinski definition) is 1. The molecule has 1 N–H and O–H groups in total. The van der Waals surface area contributed by atoms with Crippen LogP contribution in [-0.2, 0) is 7.05 Å². The molecule has 1 aromatic carbocycles. The van der Waals surface area contributed by atoms with E-state index >= 15 is 0 Å². The van der Waals surface area contributed by atoms with Gasteiger partial charge in [0, 0.05) is 12.1 Å². The Labute approximate surface area is 109 Å². The van der Waals surface area contributed by atoms with Crippen molar-refractivity contribution in [2.45, 2.75) is 6.92 Å². The first-order chi connectivity index (χ1) is 8.52. The zero-order valence-electron chi connectivity index (χ0n) is 9.83. The first-order valence-corrected chi connectivity index (χ1v) is 5.56. The predicted molar refractivity (Wildman–Crippen MR) is 67.4 cm³/mol. The van der Waals surface area contributed by atoms with Gasteiger partial charge in [-0.2, -0.15) is 10.4 Å². The van der Waals surface area contributed by atoms with Crippen LogP contribution in [0.4, 0.5) is 15.9 Å². The lowest BCUT2D eigenvalue weighted by Gasteiger charge is -2.08. The van der Waals surface area contributed by atoms with Crippen LogP contribution in [0.2, 0.25) is 5.02 Å². The molecule has 4 nitrogen and oxygen atoms in total. The minimum absolute atomic E-state index is 0.210. The number of rotatable bonds is 2. The number of nitrogens with zero attached hydrogens (tertiary/aromatic N) is 3. The van der Waals surface area contributed by atoms with Crippen molar-refractivity contribution in [1.82, 2.24) is 9.78 Å². The van der Waals surface area contributed by atoms with Crippen molar-refractivity contribution in [1.29, 1.82) is 5.26 Å². The molecule has 0 amide bonds. The molecular weight excluding hydrogens is 255 g/mol. The molecule has 0 spiro atoms. The average molecular weight is 265 g/mol. The Bertz CT molecular complexity index is 642. The Kier molecular flexibility index (Phi) is 3.21. The third kappa shape index (κ3) is 2.15. The molecule has 0 saturated heterocycles. The van der Waals surface area contributed by atoms with Crippen LogP contribution in [-0.4, -0.2) is 9.78 Å². The van der Waals surface area contributed by atoms with Gasteiger partial charge in [-0.05, 0) is 25.1 Å². The molecule has 1 heterocycles. The van der Waals surface area contributed by atoms with Gasteiger partial charge in [0.05, 0.1) is 11.4 Å². The smallest absolute Gasteiger partial charge is 0.146 e. The molecule has 0 aliphatic heterocycles. The number of halogens is 2. The van der Waals surface area contributed by atoms with E-state index in [0.29, 0.717) is 22.1 Å². The quantitative estimate of drug-likeness (QED) is 0.907. The highest BCUT2D eigenvalue weighted by Gasteiger charge is 2.14. The normalized spacial score (nSPS) is 10.2. The van der Waals surface area contributed by atoms with E-state index < -0.39 is 5.82 Å². The fourth-order valence-corrected chi connectivity index (χ4v) is 1.83. The monoisotopic (exact) mass is 264 g/mol. The minimum atomic E-state index is -0.442. The zero-order valence-corrected chi connectivity index (χ0v) is 10.6. The predicted octanol–water partition coefficient (Wildman–Crippen LogP) is 3.14. The summed E-state index contributed by atoms with van der Waals surface area (Å²) >= 11 is 5.81.